The van der Waals surface area contributed by atoms with Gasteiger partial charge < -0.3 is 14.6 Å². The van der Waals surface area contributed by atoms with Crippen molar-refractivity contribution in [2.24, 2.45) is 0 Å². The number of hydrogen-bond donors (Lipinski definition) is 1. The first kappa shape index (κ1) is 20.5. The molecule has 2 aromatic carbocycles. The largest absolute Gasteiger partial charge is 0.462 e. The van der Waals surface area contributed by atoms with Gasteiger partial charge in [0.15, 0.2) is 5.78 Å². The number of hydrogen-bond acceptors (Lipinski definition) is 5. The molecule has 0 bridgehead atoms. The van der Waals surface area contributed by atoms with E-state index in [-0.39, 0.29) is 29.2 Å². The number of Topliss-reactive ketones (excluding diaryl/α,β-unsaturated/α-hetero) is 1. The number of carbonyl (C=O) groups is 2. The molecule has 1 aliphatic heterocycles. The molecule has 0 spiro atoms. The minimum atomic E-state index is -0.720. The van der Waals surface area contributed by atoms with Crippen LogP contribution in [0.2, 0.25) is 0 Å². The summed E-state index contributed by atoms with van der Waals surface area (Å²) in [4.78, 5) is 30.7. The van der Waals surface area contributed by atoms with E-state index >= 15 is 0 Å². The molecule has 1 aromatic heterocycles. The Labute approximate surface area is 186 Å². The van der Waals surface area contributed by atoms with Crippen LogP contribution < -0.4 is 5.32 Å². The fraction of sp³-hybridized carbons (Fsp3) is 0.227. The van der Waals surface area contributed by atoms with Crippen molar-refractivity contribution in [3.8, 4) is 0 Å². The Kier molecular flexibility index (Phi) is 5.85. The standard InChI is InChI=1S/C22H19FIN3O3/c1-2-30-22(29)15-10-14(23)11-16-18(15)20(28)17(13-6-4-3-5-7-13)19(26-16)21-25-8-9-27(21)12-24/h3-11,17,19,26H,2,12H2,1H3. The normalized spacial score (nSPS) is 17.9. The molecule has 6 nitrogen and oxygen atoms in total. The number of esters is 1. The minimum Gasteiger partial charge on any atom is -0.462 e. The van der Waals surface area contributed by atoms with Crippen LogP contribution in [0.15, 0.2) is 54.9 Å². The summed E-state index contributed by atoms with van der Waals surface area (Å²) in [7, 11) is 0. The number of alkyl halides is 1. The van der Waals surface area contributed by atoms with Gasteiger partial charge in [-0.15, -0.1) is 0 Å². The summed E-state index contributed by atoms with van der Waals surface area (Å²) in [6, 6.07) is 11.1. The van der Waals surface area contributed by atoms with Crippen LogP contribution in [0.25, 0.3) is 0 Å². The van der Waals surface area contributed by atoms with Gasteiger partial charge in [0.2, 0.25) is 0 Å². The number of ketones is 1. The summed E-state index contributed by atoms with van der Waals surface area (Å²) in [5.41, 5.74) is 1.13. The molecular weight excluding hydrogens is 500 g/mol. The van der Waals surface area contributed by atoms with Crippen LogP contribution in [0.4, 0.5) is 10.1 Å². The average molecular weight is 519 g/mol. The maximum Gasteiger partial charge on any atom is 0.339 e. The highest BCUT2D eigenvalue weighted by molar-refractivity contribution is 14.1. The van der Waals surface area contributed by atoms with Gasteiger partial charge in [-0.3, -0.25) is 4.79 Å². The third kappa shape index (κ3) is 3.60. The number of imidazole rings is 1. The van der Waals surface area contributed by atoms with E-state index in [0.717, 1.165) is 11.6 Å². The average Bonchev–Trinajstić information content (AvgIpc) is 3.22. The van der Waals surface area contributed by atoms with Crippen LogP contribution in [0.3, 0.4) is 0 Å². The first-order chi connectivity index (χ1) is 14.5. The van der Waals surface area contributed by atoms with Crippen LogP contribution in [-0.2, 0) is 9.29 Å². The van der Waals surface area contributed by atoms with Crippen molar-refractivity contribution in [3.63, 3.8) is 0 Å². The first-order valence-electron chi connectivity index (χ1n) is 9.48. The molecule has 0 aliphatic carbocycles. The molecule has 3 aromatic rings. The number of carbonyl (C=O) groups excluding carboxylic acids is 2. The number of fused-ring (bicyclic) bond motifs is 1. The zero-order valence-corrected chi connectivity index (χ0v) is 18.3. The van der Waals surface area contributed by atoms with Crippen molar-refractivity contribution in [2.75, 3.05) is 11.9 Å². The molecule has 0 saturated carbocycles. The third-order valence-electron chi connectivity index (χ3n) is 5.08. The van der Waals surface area contributed by atoms with Crippen molar-refractivity contribution >= 4 is 40.0 Å². The van der Waals surface area contributed by atoms with E-state index in [1.165, 1.54) is 6.07 Å². The lowest BCUT2D eigenvalue weighted by Gasteiger charge is -2.34. The second-order valence-electron chi connectivity index (χ2n) is 6.85. The van der Waals surface area contributed by atoms with Crippen LogP contribution in [0.1, 0.15) is 51.0 Å². The van der Waals surface area contributed by atoms with E-state index in [2.05, 4.69) is 32.9 Å². The highest BCUT2D eigenvalue weighted by Crippen LogP contribution is 2.43. The van der Waals surface area contributed by atoms with Crippen molar-refractivity contribution in [1.82, 2.24) is 9.55 Å². The Hall–Kier alpha value is -2.75. The van der Waals surface area contributed by atoms with Crippen molar-refractivity contribution in [1.29, 1.82) is 0 Å². The number of aromatic nitrogens is 2. The number of nitrogens with zero attached hydrogens (tertiary/aromatic N) is 2. The zero-order valence-electron chi connectivity index (χ0n) is 16.1. The maximum atomic E-state index is 14.3. The number of benzene rings is 2. The lowest BCUT2D eigenvalue weighted by Crippen LogP contribution is -2.35. The van der Waals surface area contributed by atoms with Crippen molar-refractivity contribution in [2.45, 2.75) is 23.4 Å². The highest BCUT2D eigenvalue weighted by Gasteiger charge is 2.41. The van der Waals surface area contributed by atoms with Gasteiger partial charge in [-0.2, -0.15) is 0 Å². The van der Waals surface area contributed by atoms with Crippen molar-refractivity contribution in [3.05, 3.63) is 83.2 Å². The Morgan fingerprint density at radius 2 is 2.07 bits per heavy atom. The van der Waals surface area contributed by atoms with E-state index in [1.807, 2.05) is 41.1 Å². The summed E-state index contributed by atoms with van der Waals surface area (Å²) in [5, 5.41) is 3.28. The molecule has 4 rings (SSSR count). The van der Waals surface area contributed by atoms with Gasteiger partial charge in [0, 0.05) is 18.1 Å². The Bertz CT molecular complexity index is 1100. The van der Waals surface area contributed by atoms with E-state index in [4.69, 9.17) is 4.74 Å². The van der Waals surface area contributed by atoms with Crippen molar-refractivity contribution < 1.29 is 18.7 Å². The van der Waals surface area contributed by atoms with Gasteiger partial charge in [-0.1, -0.05) is 52.9 Å². The molecule has 0 amide bonds. The summed E-state index contributed by atoms with van der Waals surface area (Å²) < 4.78 is 22.0. The maximum absolute atomic E-state index is 14.3. The molecule has 0 radical (unpaired) electrons. The number of rotatable bonds is 5. The van der Waals surface area contributed by atoms with Gasteiger partial charge in [-0.25, -0.2) is 14.2 Å². The molecule has 1 aliphatic rings. The third-order valence-corrected chi connectivity index (χ3v) is 5.82. The zero-order chi connectivity index (χ0) is 21.3. The molecule has 0 saturated heterocycles. The fourth-order valence-corrected chi connectivity index (χ4v) is 4.41. The second-order valence-corrected chi connectivity index (χ2v) is 7.53. The second kappa shape index (κ2) is 8.55. The van der Waals surface area contributed by atoms with E-state index in [9.17, 15) is 14.0 Å². The molecule has 30 heavy (non-hydrogen) atoms. The Morgan fingerprint density at radius 1 is 1.30 bits per heavy atom. The van der Waals surface area contributed by atoms with Gasteiger partial charge in [-0.05, 0) is 24.6 Å². The summed E-state index contributed by atoms with van der Waals surface area (Å²) in [5.74, 6) is -1.58. The summed E-state index contributed by atoms with van der Waals surface area (Å²) >= 11 is 2.22. The number of nitrogens with one attached hydrogen (secondary N) is 1. The monoisotopic (exact) mass is 519 g/mol. The molecular formula is C22H19FIN3O3. The smallest absolute Gasteiger partial charge is 0.339 e. The molecule has 0 fully saturated rings. The molecule has 154 valence electrons. The van der Waals surface area contributed by atoms with Crippen LogP contribution in [0.5, 0.6) is 0 Å². The summed E-state index contributed by atoms with van der Waals surface area (Å²) in [6.07, 6.45) is 3.51. The predicted octanol–water partition coefficient (Wildman–Crippen LogP) is 4.72. The van der Waals surface area contributed by atoms with Crippen LogP contribution in [0, 0.1) is 5.82 Å². The molecule has 8 heteroatoms. The lowest BCUT2D eigenvalue weighted by atomic mass is 9.79. The Balaban J connectivity index is 1.92. The summed E-state index contributed by atoms with van der Waals surface area (Å²) in [6.45, 7) is 1.79. The molecule has 2 atom stereocenters. The van der Waals surface area contributed by atoms with Gasteiger partial charge >= 0.3 is 5.97 Å². The quantitative estimate of drug-likeness (QED) is 0.300. The first-order valence-corrected chi connectivity index (χ1v) is 11.0. The van der Waals surface area contributed by atoms with E-state index in [1.54, 1.807) is 13.1 Å². The number of anilines is 1. The topological polar surface area (TPSA) is 73.2 Å². The van der Waals surface area contributed by atoms with Gasteiger partial charge in [0.1, 0.15) is 11.6 Å². The molecule has 2 unspecified atom stereocenters. The van der Waals surface area contributed by atoms with Crippen LogP contribution in [-0.4, -0.2) is 27.9 Å². The number of halogens is 2. The number of ether oxygens (including phenoxy) is 1. The lowest BCUT2D eigenvalue weighted by molar-refractivity contribution is 0.0522. The molecule has 2 heterocycles. The van der Waals surface area contributed by atoms with E-state index in [0.29, 0.717) is 10.4 Å². The van der Waals surface area contributed by atoms with Crippen LogP contribution >= 0.6 is 22.6 Å². The molecule has 1 N–H and O–H groups in total. The predicted molar refractivity (Wildman–Crippen MR) is 118 cm³/mol. The van der Waals surface area contributed by atoms with E-state index < -0.39 is 23.7 Å². The van der Waals surface area contributed by atoms with Gasteiger partial charge in [0.25, 0.3) is 0 Å². The SMILES string of the molecule is CCOC(=O)c1cc(F)cc2c1C(=O)C(c1ccccc1)C(c1nccn1CI)N2. The minimum absolute atomic E-state index is 0.0686. The Morgan fingerprint density at radius 3 is 2.77 bits per heavy atom. The highest BCUT2D eigenvalue weighted by atomic mass is 127. The van der Waals surface area contributed by atoms with Gasteiger partial charge in [0.05, 0.1) is 34.2 Å². The fourth-order valence-electron chi connectivity index (χ4n) is 3.83.